The summed E-state index contributed by atoms with van der Waals surface area (Å²) >= 11 is 3.27. The van der Waals surface area contributed by atoms with E-state index in [1.807, 2.05) is 6.07 Å². The van der Waals surface area contributed by atoms with Gasteiger partial charge in [0.25, 0.3) is 0 Å². The van der Waals surface area contributed by atoms with E-state index in [4.69, 9.17) is 5.26 Å². The van der Waals surface area contributed by atoms with Crippen LogP contribution in [0.3, 0.4) is 0 Å². The Morgan fingerprint density at radius 1 is 1.32 bits per heavy atom. The number of rotatable bonds is 1. The van der Waals surface area contributed by atoms with Gasteiger partial charge < -0.3 is 0 Å². The normalized spacial score (nSPS) is 10.6. The van der Waals surface area contributed by atoms with E-state index in [0.717, 1.165) is 6.33 Å². The number of halogens is 2. The fourth-order valence-corrected chi connectivity index (χ4v) is 2.32. The Hall–Kier alpha value is -2.33. The lowest BCUT2D eigenvalue weighted by Crippen LogP contribution is -1.98. The lowest BCUT2D eigenvalue weighted by molar-refractivity contribution is 0.593. The lowest BCUT2D eigenvalue weighted by atomic mass is 10.3. The van der Waals surface area contributed by atoms with E-state index in [1.54, 1.807) is 22.9 Å². The Labute approximate surface area is 115 Å². The van der Waals surface area contributed by atoms with Crippen LogP contribution < -0.4 is 0 Å². The molecule has 0 unspecified atom stereocenters. The molecule has 0 aliphatic rings. The fraction of sp³-hybridized carbons (Fsp3) is 0. The molecule has 19 heavy (non-hydrogen) atoms. The predicted molar refractivity (Wildman–Crippen MR) is 69.0 cm³/mol. The van der Waals surface area contributed by atoms with Crippen LogP contribution in [0.2, 0.25) is 0 Å². The summed E-state index contributed by atoms with van der Waals surface area (Å²) in [6.07, 6.45) is 4.31. The number of fused-ring (bicyclic) bond motifs is 1. The second-order valence-electron chi connectivity index (χ2n) is 3.72. The van der Waals surface area contributed by atoms with Crippen molar-refractivity contribution >= 4 is 27.0 Å². The lowest BCUT2D eigenvalue weighted by Gasteiger charge is -2.03. The van der Waals surface area contributed by atoms with Gasteiger partial charge in [0, 0.05) is 16.9 Å². The van der Waals surface area contributed by atoms with Crippen molar-refractivity contribution in [2.75, 3.05) is 0 Å². The quantitative estimate of drug-likeness (QED) is 0.647. The first kappa shape index (κ1) is 11.7. The molecule has 3 heterocycles. The second kappa shape index (κ2) is 4.40. The third-order valence-corrected chi connectivity index (χ3v) is 3.21. The average molecular weight is 318 g/mol. The number of hydrogen-bond donors (Lipinski definition) is 0. The molecule has 0 fully saturated rings. The molecule has 3 aromatic heterocycles. The van der Waals surface area contributed by atoms with Gasteiger partial charge >= 0.3 is 0 Å². The van der Waals surface area contributed by atoms with E-state index in [-0.39, 0.29) is 5.39 Å². The molecule has 0 aliphatic carbocycles. The van der Waals surface area contributed by atoms with Gasteiger partial charge in [-0.25, -0.2) is 15.0 Å². The summed E-state index contributed by atoms with van der Waals surface area (Å²) in [4.78, 5) is 11.7. The minimum atomic E-state index is -0.605. The van der Waals surface area contributed by atoms with Gasteiger partial charge in [0.15, 0.2) is 5.65 Å². The third-order valence-electron chi connectivity index (χ3n) is 2.61. The Bertz CT molecular complexity index is 821. The summed E-state index contributed by atoms with van der Waals surface area (Å²) in [6, 6.07) is 5.23. The molecule has 0 bridgehead atoms. The zero-order valence-electron chi connectivity index (χ0n) is 9.38. The van der Waals surface area contributed by atoms with Crippen LogP contribution in [0.4, 0.5) is 4.39 Å². The minimum absolute atomic E-state index is 0.284. The van der Waals surface area contributed by atoms with Gasteiger partial charge in [-0.05, 0) is 28.1 Å². The third kappa shape index (κ3) is 1.86. The van der Waals surface area contributed by atoms with Crippen molar-refractivity contribution in [2.45, 2.75) is 0 Å². The van der Waals surface area contributed by atoms with E-state index in [2.05, 4.69) is 30.9 Å². The highest BCUT2D eigenvalue weighted by Gasteiger charge is 2.14. The van der Waals surface area contributed by atoms with Crippen molar-refractivity contribution in [3.05, 3.63) is 46.8 Å². The molecule has 0 saturated heterocycles. The molecule has 0 saturated carbocycles. The first-order chi connectivity index (χ1) is 9.20. The largest absolute Gasteiger partial charge is 0.284 e. The highest BCUT2D eigenvalue weighted by atomic mass is 79.9. The van der Waals surface area contributed by atoms with Crippen LogP contribution >= 0.6 is 15.9 Å². The molecule has 3 aromatic rings. The smallest absolute Gasteiger partial charge is 0.226 e. The average Bonchev–Trinajstić information content (AvgIpc) is 2.78. The van der Waals surface area contributed by atoms with Gasteiger partial charge in [-0.2, -0.15) is 9.65 Å². The van der Waals surface area contributed by atoms with E-state index >= 15 is 0 Å². The zero-order chi connectivity index (χ0) is 13.4. The molecular weight excluding hydrogens is 313 g/mol. The van der Waals surface area contributed by atoms with Crippen molar-refractivity contribution in [3.63, 3.8) is 0 Å². The number of aromatic nitrogens is 4. The molecular formula is C12H5BrFN5. The second-order valence-corrected chi connectivity index (χ2v) is 4.58. The fourth-order valence-electron chi connectivity index (χ4n) is 1.78. The van der Waals surface area contributed by atoms with E-state index < -0.39 is 5.95 Å². The highest BCUT2D eigenvalue weighted by molar-refractivity contribution is 9.10. The van der Waals surface area contributed by atoms with Crippen LogP contribution in [0.5, 0.6) is 0 Å². The molecule has 0 aliphatic heterocycles. The Balaban J connectivity index is 2.32. The molecule has 5 nitrogen and oxygen atoms in total. The van der Waals surface area contributed by atoms with E-state index in [1.165, 1.54) is 6.20 Å². The van der Waals surface area contributed by atoms with E-state index in [9.17, 15) is 4.39 Å². The summed E-state index contributed by atoms with van der Waals surface area (Å²) in [5.74, 6) is -0.111. The summed E-state index contributed by atoms with van der Waals surface area (Å²) < 4.78 is 15.8. The Morgan fingerprint density at radius 3 is 2.95 bits per heavy atom. The first-order valence-electron chi connectivity index (χ1n) is 5.24. The number of nitriles is 1. The molecule has 92 valence electrons. The van der Waals surface area contributed by atoms with Gasteiger partial charge in [0.05, 0.1) is 17.0 Å². The van der Waals surface area contributed by atoms with Crippen LogP contribution in [0, 0.1) is 17.3 Å². The van der Waals surface area contributed by atoms with Crippen LogP contribution in [0.1, 0.15) is 5.56 Å². The van der Waals surface area contributed by atoms with Crippen LogP contribution in [0.15, 0.2) is 35.3 Å². The monoisotopic (exact) mass is 317 g/mol. The highest BCUT2D eigenvalue weighted by Crippen LogP contribution is 2.28. The number of nitrogens with zero attached hydrogens (tertiary/aromatic N) is 5. The molecule has 0 atom stereocenters. The van der Waals surface area contributed by atoms with E-state index in [0.29, 0.717) is 21.5 Å². The molecule has 0 aromatic carbocycles. The summed E-state index contributed by atoms with van der Waals surface area (Å²) in [5, 5.41) is 9.17. The number of pyridine rings is 1. The topological polar surface area (TPSA) is 67.4 Å². The SMILES string of the molecule is N#Cc1ccnc(-n2cc(Br)c3c(F)ncnc32)c1. The summed E-state index contributed by atoms with van der Waals surface area (Å²) in [7, 11) is 0. The van der Waals surface area contributed by atoms with Gasteiger partial charge in [-0.1, -0.05) is 0 Å². The van der Waals surface area contributed by atoms with Gasteiger partial charge in [0.2, 0.25) is 5.95 Å². The van der Waals surface area contributed by atoms with Crippen molar-refractivity contribution < 1.29 is 4.39 Å². The van der Waals surface area contributed by atoms with Gasteiger partial charge in [-0.15, -0.1) is 0 Å². The van der Waals surface area contributed by atoms with Crippen molar-refractivity contribution in [1.29, 1.82) is 5.26 Å². The Kier molecular flexibility index (Phi) is 2.72. The van der Waals surface area contributed by atoms with Crippen LogP contribution in [-0.2, 0) is 0 Å². The Morgan fingerprint density at radius 2 is 2.16 bits per heavy atom. The molecule has 0 radical (unpaired) electrons. The van der Waals surface area contributed by atoms with Crippen molar-refractivity contribution in [3.8, 4) is 11.9 Å². The maximum absolute atomic E-state index is 13.7. The maximum Gasteiger partial charge on any atom is 0.226 e. The zero-order valence-corrected chi connectivity index (χ0v) is 11.0. The maximum atomic E-state index is 13.7. The van der Waals surface area contributed by atoms with Crippen molar-refractivity contribution in [1.82, 2.24) is 19.5 Å². The van der Waals surface area contributed by atoms with Gasteiger partial charge in [0.1, 0.15) is 12.1 Å². The summed E-state index contributed by atoms with van der Waals surface area (Å²) in [5.41, 5.74) is 0.861. The standard InChI is InChI=1S/C12H5BrFN5/c13-8-5-19(9-3-7(4-15)1-2-16-9)12-10(8)11(14)17-6-18-12/h1-3,5-6H. The summed E-state index contributed by atoms with van der Waals surface area (Å²) in [6.45, 7) is 0. The van der Waals surface area contributed by atoms with Crippen LogP contribution in [-0.4, -0.2) is 19.5 Å². The number of hydrogen-bond acceptors (Lipinski definition) is 4. The van der Waals surface area contributed by atoms with Crippen LogP contribution in [0.25, 0.3) is 16.9 Å². The molecule has 7 heteroatoms. The first-order valence-corrected chi connectivity index (χ1v) is 6.03. The molecule has 3 rings (SSSR count). The molecule has 0 spiro atoms. The predicted octanol–water partition coefficient (Wildman–Crippen LogP) is 2.59. The van der Waals surface area contributed by atoms with Crippen molar-refractivity contribution in [2.24, 2.45) is 0 Å². The molecule has 0 N–H and O–H groups in total. The minimum Gasteiger partial charge on any atom is -0.284 e. The molecule has 0 amide bonds. The van der Waals surface area contributed by atoms with Gasteiger partial charge in [-0.3, -0.25) is 4.57 Å².